The summed E-state index contributed by atoms with van der Waals surface area (Å²) in [6.07, 6.45) is 1.73. The fourth-order valence-corrected chi connectivity index (χ4v) is 5.21. The van der Waals surface area contributed by atoms with Gasteiger partial charge >= 0.3 is 0 Å². The zero-order valence-corrected chi connectivity index (χ0v) is 19.0. The van der Waals surface area contributed by atoms with Crippen LogP contribution >= 0.6 is 15.9 Å². The molecular formula is C19H26BrN3O5S. The van der Waals surface area contributed by atoms with Gasteiger partial charge in [-0.15, -0.1) is 0 Å². The summed E-state index contributed by atoms with van der Waals surface area (Å²) < 4.78 is 37.4. The topological polar surface area (TPSA) is 109 Å². The van der Waals surface area contributed by atoms with Crippen molar-refractivity contribution in [3.63, 3.8) is 0 Å². The molecule has 160 valence electrons. The van der Waals surface area contributed by atoms with Crippen molar-refractivity contribution in [1.29, 1.82) is 5.26 Å². The highest BCUT2D eigenvalue weighted by atomic mass is 79.9. The number of nitrogens with zero attached hydrogens (tertiary/aromatic N) is 2. The Morgan fingerprint density at radius 1 is 1.31 bits per heavy atom. The Balaban J connectivity index is 1.89. The van der Waals surface area contributed by atoms with E-state index in [1.54, 1.807) is 12.1 Å². The average molecular weight is 488 g/mol. The lowest BCUT2D eigenvalue weighted by atomic mass is 10.1. The van der Waals surface area contributed by atoms with E-state index >= 15 is 0 Å². The fourth-order valence-electron chi connectivity index (χ4n) is 3.11. The maximum Gasteiger partial charge on any atom is 0.258 e. The molecule has 1 aromatic rings. The molecule has 0 bridgehead atoms. The summed E-state index contributed by atoms with van der Waals surface area (Å²) in [5.41, 5.74) is 0.418. The van der Waals surface area contributed by atoms with E-state index in [0.29, 0.717) is 60.5 Å². The quantitative estimate of drug-likeness (QED) is 0.572. The van der Waals surface area contributed by atoms with E-state index in [9.17, 15) is 13.2 Å². The predicted molar refractivity (Wildman–Crippen MR) is 112 cm³/mol. The number of hydrogen-bond donors (Lipinski definition) is 1. The van der Waals surface area contributed by atoms with Crippen molar-refractivity contribution in [2.24, 2.45) is 0 Å². The Bertz CT molecular complexity index is 861. The number of benzene rings is 1. The summed E-state index contributed by atoms with van der Waals surface area (Å²) in [6.45, 7) is 4.65. The summed E-state index contributed by atoms with van der Waals surface area (Å²) >= 11 is 3.35. The van der Waals surface area contributed by atoms with Crippen LogP contribution in [0.3, 0.4) is 0 Å². The number of nitrogens with one attached hydrogen (secondary N) is 1. The molecule has 1 fully saturated rings. The molecule has 2 rings (SSSR count). The van der Waals surface area contributed by atoms with Crippen LogP contribution in [0.5, 0.6) is 11.5 Å². The molecule has 10 heteroatoms. The van der Waals surface area contributed by atoms with Crippen LogP contribution in [-0.4, -0.2) is 56.7 Å². The summed E-state index contributed by atoms with van der Waals surface area (Å²) in [5.74, 6) is 0.611. The van der Waals surface area contributed by atoms with Crippen molar-refractivity contribution in [2.75, 3.05) is 32.1 Å². The number of rotatable bonds is 9. The standard InChI is InChI=1S/C19H26BrN3O5S/c1-3-9-29(25,26)23-7-5-15(6-8-23)22-18(24)13-28-19-16(20)10-14(12-21)11-17(19)27-4-2/h10-11,15H,3-9,13H2,1-2H3,(H,22,24). The van der Waals surface area contributed by atoms with Crippen molar-refractivity contribution >= 4 is 31.9 Å². The highest BCUT2D eigenvalue weighted by molar-refractivity contribution is 9.10. The number of amides is 1. The van der Waals surface area contributed by atoms with Crippen molar-refractivity contribution in [3.8, 4) is 17.6 Å². The van der Waals surface area contributed by atoms with Gasteiger partial charge < -0.3 is 14.8 Å². The Labute approximate surface area is 180 Å². The fraction of sp³-hybridized carbons (Fsp3) is 0.579. The Hall–Kier alpha value is -1.83. The van der Waals surface area contributed by atoms with Gasteiger partial charge in [0.1, 0.15) is 0 Å². The third kappa shape index (κ3) is 6.59. The molecule has 1 heterocycles. The van der Waals surface area contributed by atoms with Gasteiger partial charge in [0.15, 0.2) is 18.1 Å². The zero-order chi connectivity index (χ0) is 21.4. The number of hydrogen-bond acceptors (Lipinski definition) is 6. The van der Waals surface area contributed by atoms with Crippen LogP contribution in [0, 0.1) is 11.3 Å². The number of piperidine rings is 1. The molecule has 8 nitrogen and oxygen atoms in total. The van der Waals surface area contributed by atoms with Gasteiger partial charge in [0, 0.05) is 25.2 Å². The van der Waals surface area contributed by atoms with Crippen LogP contribution in [-0.2, 0) is 14.8 Å². The minimum atomic E-state index is -3.20. The Morgan fingerprint density at radius 2 is 2.00 bits per heavy atom. The first-order valence-electron chi connectivity index (χ1n) is 9.57. The number of sulfonamides is 1. The molecule has 1 amide bonds. The smallest absolute Gasteiger partial charge is 0.258 e. The van der Waals surface area contributed by atoms with Crippen LogP contribution in [0.15, 0.2) is 16.6 Å². The Kier molecular flexibility index (Phi) is 8.74. The lowest BCUT2D eigenvalue weighted by molar-refractivity contribution is -0.124. The van der Waals surface area contributed by atoms with Crippen molar-refractivity contribution < 1.29 is 22.7 Å². The molecule has 0 aliphatic carbocycles. The molecule has 0 spiro atoms. The molecule has 1 saturated heterocycles. The van der Waals surface area contributed by atoms with Crippen molar-refractivity contribution in [2.45, 2.75) is 39.2 Å². The lowest BCUT2D eigenvalue weighted by Crippen LogP contribution is -2.47. The van der Waals surface area contributed by atoms with Gasteiger partial charge in [-0.2, -0.15) is 5.26 Å². The monoisotopic (exact) mass is 487 g/mol. The molecule has 0 radical (unpaired) electrons. The van der Waals surface area contributed by atoms with Gasteiger partial charge in [0.2, 0.25) is 10.0 Å². The van der Waals surface area contributed by atoms with Gasteiger partial charge in [0.25, 0.3) is 5.91 Å². The summed E-state index contributed by atoms with van der Waals surface area (Å²) in [5, 5.41) is 12.0. The van der Waals surface area contributed by atoms with E-state index in [4.69, 9.17) is 14.7 Å². The minimum absolute atomic E-state index is 0.0880. The zero-order valence-electron chi connectivity index (χ0n) is 16.6. The minimum Gasteiger partial charge on any atom is -0.490 e. The van der Waals surface area contributed by atoms with Gasteiger partial charge in [-0.1, -0.05) is 6.92 Å². The maximum atomic E-state index is 12.3. The van der Waals surface area contributed by atoms with Crippen LogP contribution in [0.2, 0.25) is 0 Å². The lowest BCUT2D eigenvalue weighted by Gasteiger charge is -2.31. The van der Waals surface area contributed by atoms with E-state index in [2.05, 4.69) is 21.2 Å². The van der Waals surface area contributed by atoms with Crippen LogP contribution in [0.1, 0.15) is 38.7 Å². The van der Waals surface area contributed by atoms with Gasteiger partial charge in [-0.3, -0.25) is 4.79 Å². The van der Waals surface area contributed by atoms with Gasteiger partial charge in [0.05, 0.1) is 28.5 Å². The first-order chi connectivity index (χ1) is 13.8. The highest BCUT2D eigenvalue weighted by Crippen LogP contribution is 2.36. The third-order valence-electron chi connectivity index (χ3n) is 4.46. The molecule has 1 N–H and O–H groups in total. The van der Waals surface area contributed by atoms with E-state index in [-0.39, 0.29) is 24.3 Å². The SMILES string of the molecule is CCCS(=O)(=O)N1CCC(NC(=O)COc2c(Br)cc(C#N)cc2OCC)CC1. The summed E-state index contributed by atoms with van der Waals surface area (Å²) in [6, 6.07) is 5.12. The van der Waals surface area contributed by atoms with E-state index in [1.807, 2.05) is 19.9 Å². The van der Waals surface area contributed by atoms with E-state index in [1.165, 1.54) is 4.31 Å². The molecule has 1 aliphatic heterocycles. The summed E-state index contributed by atoms with van der Waals surface area (Å²) in [7, 11) is -3.20. The predicted octanol–water partition coefficient (Wildman–Crippen LogP) is 2.42. The second-order valence-corrected chi connectivity index (χ2v) is 9.62. The molecule has 0 saturated carbocycles. The number of nitriles is 1. The van der Waals surface area contributed by atoms with Gasteiger partial charge in [-0.05, 0) is 48.2 Å². The third-order valence-corrected chi connectivity index (χ3v) is 7.13. The molecule has 0 unspecified atom stereocenters. The van der Waals surface area contributed by atoms with Crippen molar-refractivity contribution in [1.82, 2.24) is 9.62 Å². The van der Waals surface area contributed by atoms with Gasteiger partial charge in [-0.25, -0.2) is 12.7 Å². The van der Waals surface area contributed by atoms with E-state index in [0.717, 1.165) is 0 Å². The number of halogens is 1. The van der Waals surface area contributed by atoms with Crippen LogP contribution < -0.4 is 14.8 Å². The van der Waals surface area contributed by atoms with Crippen LogP contribution in [0.25, 0.3) is 0 Å². The Morgan fingerprint density at radius 3 is 2.59 bits per heavy atom. The highest BCUT2D eigenvalue weighted by Gasteiger charge is 2.28. The second-order valence-electron chi connectivity index (χ2n) is 6.68. The molecule has 29 heavy (non-hydrogen) atoms. The first kappa shape index (κ1) is 23.4. The second kappa shape index (κ2) is 10.8. The number of carbonyl (C=O) groups is 1. The maximum absolute atomic E-state index is 12.3. The number of carbonyl (C=O) groups excluding carboxylic acids is 1. The summed E-state index contributed by atoms with van der Waals surface area (Å²) in [4.78, 5) is 12.3. The van der Waals surface area contributed by atoms with Crippen LogP contribution in [0.4, 0.5) is 0 Å². The molecular weight excluding hydrogens is 462 g/mol. The average Bonchev–Trinajstić information content (AvgIpc) is 2.67. The largest absolute Gasteiger partial charge is 0.490 e. The van der Waals surface area contributed by atoms with E-state index < -0.39 is 10.0 Å². The molecule has 1 aromatic carbocycles. The number of ether oxygens (including phenoxy) is 2. The molecule has 0 aromatic heterocycles. The van der Waals surface area contributed by atoms with Crippen molar-refractivity contribution in [3.05, 3.63) is 22.2 Å². The normalized spacial score (nSPS) is 15.5. The molecule has 1 aliphatic rings. The molecule has 0 atom stereocenters. The first-order valence-corrected chi connectivity index (χ1v) is 12.0.